The number of carbonyl (C=O) groups excluding carboxylic acids is 1. The van der Waals surface area contributed by atoms with Crippen molar-refractivity contribution >= 4 is 39.3 Å². The first-order valence-electron chi connectivity index (χ1n) is 9.17. The van der Waals surface area contributed by atoms with Crippen LogP contribution in [0.5, 0.6) is 0 Å². The number of benzene rings is 1. The van der Waals surface area contributed by atoms with E-state index in [1.54, 1.807) is 0 Å². The van der Waals surface area contributed by atoms with E-state index in [4.69, 9.17) is 16.7 Å². The Morgan fingerprint density at radius 1 is 1.28 bits per heavy atom. The molecule has 4 N–H and O–H groups in total. The molecule has 2 aromatic rings. The van der Waals surface area contributed by atoms with Crippen molar-refractivity contribution in [1.82, 2.24) is 14.2 Å². The topological polar surface area (TPSA) is 141 Å². The average molecular weight is 493 g/mol. The highest BCUT2D eigenvalue weighted by molar-refractivity contribution is 7.89. The summed E-state index contributed by atoms with van der Waals surface area (Å²) in [7, 11) is -3.26. The molecule has 1 aliphatic heterocycles. The van der Waals surface area contributed by atoms with Crippen molar-refractivity contribution in [3.8, 4) is 0 Å². The molecular formula is C18H19ClF2N4O6S. The van der Waals surface area contributed by atoms with Crippen LogP contribution in [0.3, 0.4) is 0 Å². The number of likely N-dealkylation sites (tertiary alicyclic amines) is 1. The highest BCUT2D eigenvalue weighted by Crippen LogP contribution is 2.25. The molecule has 14 heteroatoms. The predicted octanol–water partition coefficient (Wildman–Crippen LogP) is 1.46. The van der Waals surface area contributed by atoms with E-state index in [2.05, 4.69) is 10.0 Å². The molecule has 1 aromatic heterocycles. The fraction of sp³-hybridized carbons (Fsp3) is 0.333. The summed E-state index contributed by atoms with van der Waals surface area (Å²) in [5.74, 6) is -3.78. The van der Waals surface area contributed by atoms with E-state index in [0.29, 0.717) is 0 Å². The molecular weight excluding hydrogens is 474 g/mol. The lowest BCUT2D eigenvalue weighted by Gasteiger charge is -2.17. The molecule has 0 spiro atoms. The number of carboxylic acid groups (broad SMARTS) is 1. The minimum absolute atomic E-state index is 0.0648. The highest BCUT2D eigenvalue weighted by Gasteiger charge is 2.39. The maximum Gasteiger partial charge on any atom is 0.407 e. The Morgan fingerprint density at radius 3 is 2.56 bits per heavy atom. The fourth-order valence-corrected chi connectivity index (χ4v) is 4.99. The summed E-state index contributed by atoms with van der Waals surface area (Å²) in [5, 5.41) is 20.6. The van der Waals surface area contributed by atoms with Gasteiger partial charge < -0.3 is 25.0 Å². The number of aryl methyl sites for hydroxylation is 1. The fourth-order valence-electron chi connectivity index (χ4n) is 3.39. The van der Waals surface area contributed by atoms with E-state index in [0.717, 1.165) is 27.8 Å². The van der Waals surface area contributed by atoms with Gasteiger partial charge in [-0.1, -0.05) is 11.6 Å². The van der Waals surface area contributed by atoms with Crippen LogP contribution in [0.1, 0.15) is 10.5 Å². The van der Waals surface area contributed by atoms with Crippen LogP contribution < -0.4 is 10.0 Å². The smallest absolute Gasteiger partial charge is 0.407 e. The highest BCUT2D eigenvalue weighted by atomic mass is 35.5. The lowest BCUT2D eigenvalue weighted by molar-refractivity contribution is 0.101. The second kappa shape index (κ2) is 9.02. The number of carbonyl (C=O) groups is 2. The molecule has 2 heterocycles. The summed E-state index contributed by atoms with van der Waals surface area (Å²) in [6.45, 7) is -0.806. The van der Waals surface area contributed by atoms with Gasteiger partial charge in [0.25, 0.3) is 5.91 Å². The number of nitrogens with zero attached hydrogens (tertiary/aromatic N) is 2. The number of sulfonamides is 1. The van der Waals surface area contributed by atoms with Crippen LogP contribution in [0.2, 0.25) is 5.02 Å². The Balaban J connectivity index is 1.84. The number of aliphatic hydroxyl groups is 1. The van der Waals surface area contributed by atoms with E-state index in [9.17, 15) is 27.5 Å². The SMILES string of the molecule is Cn1cc(S(=O)(=O)NC2CN(C(=O)O)CC2CO)c(F)c1C(=O)Nc1ccc(F)c(Cl)c1. The van der Waals surface area contributed by atoms with Gasteiger partial charge >= 0.3 is 6.09 Å². The van der Waals surface area contributed by atoms with Gasteiger partial charge in [-0.3, -0.25) is 4.79 Å². The lowest BCUT2D eigenvalue weighted by Crippen LogP contribution is -2.42. The predicted molar refractivity (Wildman–Crippen MR) is 109 cm³/mol. The minimum atomic E-state index is -4.51. The van der Waals surface area contributed by atoms with Crippen molar-refractivity contribution in [2.24, 2.45) is 13.0 Å². The van der Waals surface area contributed by atoms with Crippen molar-refractivity contribution in [3.05, 3.63) is 46.7 Å². The number of nitrogens with one attached hydrogen (secondary N) is 2. The van der Waals surface area contributed by atoms with Crippen LogP contribution in [-0.4, -0.2) is 65.8 Å². The third-order valence-electron chi connectivity index (χ3n) is 5.02. The molecule has 3 rings (SSSR count). The van der Waals surface area contributed by atoms with E-state index < -0.39 is 62.8 Å². The first kappa shape index (κ1) is 23.9. The molecule has 1 aromatic carbocycles. The first-order valence-corrected chi connectivity index (χ1v) is 11.0. The molecule has 0 radical (unpaired) electrons. The third kappa shape index (κ3) is 4.70. The number of aromatic nitrogens is 1. The molecule has 0 bridgehead atoms. The van der Waals surface area contributed by atoms with Gasteiger partial charge in [-0.15, -0.1) is 0 Å². The summed E-state index contributed by atoms with van der Waals surface area (Å²) in [4.78, 5) is 23.8. The van der Waals surface area contributed by atoms with E-state index in [1.807, 2.05) is 0 Å². The van der Waals surface area contributed by atoms with Crippen LogP contribution in [0, 0.1) is 17.6 Å². The third-order valence-corrected chi connectivity index (χ3v) is 6.79. The number of anilines is 1. The Hall–Kier alpha value is -2.74. The van der Waals surface area contributed by atoms with Crippen LogP contribution in [-0.2, 0) is 17.1 Å². The van der Waals surface area contributed by atoms with Gasteiger partial charge in [0.2, 0.25) is 10.0 Å². The second-order valence-electron chi connectivity index (χ2n) is 7.21. The number of aliphatic hydroxyl groups excluding tert-OH is 1. The Bertz CT molecular complexity index is 1170. The van der Waals surface area contributed by atoms with Gasteiger partial charge in [0, 0.05) is 50.6 Å². The Kier molecular flexibility index (Phi) is 6.74. The summed E-state index contributed by atoms with van der Waals surface area (Å²) < 4.78 is 57.0. The van der Waals surface area contributed by atoms with Gasteiger partial charge in [-0.2, -0.15) is 0 Å². The van der Waals surface area contributed by atoms with E-state index >= 15 is 4.39 Å². The van der Waals surface area contributed by atoms with Crippen molar-refractivity contribution < 1.29 is 37.0 Å². The van der Waals surface area contributed by atoms with Gasteiger partial charge in [0.05, 0.1) is 5.02 Å². The van der Waals surface area contributed by atoms with Gasteiger partial charge in [-0.25, -0.2) is 26.7 Å². The maximum atomic E-state index is 15.0. The largest absolute Gasteiger partial charge is 0.465 e. The lowest BCUT2D eigenvalue weighted by atomic mass is 10.1. The molecule has 32 heavy (non-hydrogen) atoms. The van der Waals surface area contributed by atoms with E-state index in [1.165, 1.54) is 13.1 Å². The molecule has 1 fully saturated rings. The first-order chi connectivity index (χ1) is 14.9. The zero-order chi connectivity index (χ0) is 23.8. The normalized spacial score (nSPS) is 18.7. The quantitative estimate of drug-likeness (QED) is 0.481. The van der Waals surface area contributed by atoms with E-state index in [-0.39, 0.29) is 23.8 Å². The summed E-state index contributed by atoms with van der Waals surface area (Å²) in [6.07, 6.45) is -0.391. The zero-order valence-corrected chi connectivity index (χ0v) is 18.1. The Morgan fingerprint density at radius 2 is 1.97 bits per heavy atom. The molecule has 0 saturated carbocycles. The second-order valence-corrected chi connectivity index (χ2v) is 9.30. The van der Waals surface area contributed by atoms with Crippen molar-refractivity contribution in [2.45, 2.75) is 10.9 Å². The van der Waals surface area contributed by atoms with Crippen LogP contribution >= 0.6 is 11.6 Å². The zero-order valence-electron chi connectivity index (χ0n) is 16.5. The number of hydrogen-bond acceptors (Lipinski definition) is 5. The minimum Gasteiger partial charge on any atom is -0.465 e. The van der Waals surface area contributed by atoms with Crippen LogP contribution in [0.25, 0.3) is 0 Å². The summed E-state index contributed by atoms with van der Waals surface area (Å²) in [6, 6.07) is 2.32. The monoisotopic (exact) mass is 492 g/mol. The van der Waals surface area contributed by atoms with Gasteiger partial charge in [0.15, 0.2) is 5.82 Å². The molecule has 2 amide bonds. The molecule has 1 saturated heterocycles. The maximum absolute atomic E-state index is 15.0. The van der Waals surface area contributed by atoms with Gasteiger partial charge in [0.1, 0.15) is 16.4 Å². The Labute approximate surface area is 186 Å². The summed E-state index contributed by atoms with van der Waals surface area (Å²) in [5.41, 5.74) is -0.543. The molecule has 2 unspecified atom stereocenters. The standard InChI is InChI=1S/C18H19ClF2N4O6S/c1-24-7-14(32(30,31)23-13-6-25(18(28)29)5-9(13)8-26)15(21)16(24)17(27)22-10-2-3-12(20)11(19)4-10/h2-4,7,9,13,23,26H,5-6,8H2,1H3,(H,22,27)(H,28,29). The molecule has 1 aliphatic rings. The molecule has 174 valence electrons. The van der Waals surface area contributed by atoms with Crippen molar-refractivity contribution in [1.29, 1.82) is 0 Å². The number of hydrogen-bond donors (Lipinski definition) is 4. The number of rotatable bonds is 6. The summed E-state index contributed by atoms with van der Waals surface area (Å²) >= 11 is 5.65. The average Bonchev–Trinajstić information content (AvgIpc) is 3.24. The number of amides is 2. The number of halogens is 3. The molecule has 2 atom stereocenters. The van der Waals surface area contributed by atoms with Crippen LogP contribution in [0.4, 0.5) is 19.3 Å². The van der Waals surface area contributed by atoms with Crippen LogP contribution in [0.15, 0.2) is 29.3 Å². The molecule has 10 nitrogen and oxygen atoms in total. The van der Waals surface area contributed by atoms with Gasteiger partial charge in [-0.05, 0) is 18.2 Å². The van der Waals surface area contributed by atoms with Crippen molar-refractivity contribution in [3.63, 3.8) is 0 Å². The van der Waals surface area contributed by atoms with Crippen molar-refractivity contribution in [2.75, 3.05) is 25.0 Å². The molecule has 0 aliphatic carbocycles.